The molecular weight excluding hydrogens is 448 g/mol. The minimum atomic E-state index is -5.08. The number of carbonyl (C=O) groups excluding carboxylic acids is 1. The summed E-state index contributed by atoms with van der Waals surface area (Å²) < 4.78 is 71.5. The van der Waals surface area contributed by atoms with Gasteiger partial charge in [-0.2, -0.15) is 26.3 Å². The summed E-state index contributed by atoms with van der Waals surface area (Å²) in [4.78, 5) is 26.3. The first-order valence-electron chi connectivity index (χ1n) is 9.45. The lowest BCUT2D eigenvalue weighted by atomic mass is 9.93. The lowest BCUT2D eigenvalue weighted by molar-refractivity contribution is -0.192. The van der Waals surface area contributed by atoms with E-state index in [9.17, 15) is 31.1 Å². The molecule has 0 radical (unpaired) electrons. The summed E-state index contributed by atoms with van der Waals surface area (Å²) in [6, 6.07) is 3.86. The summed E-state index contributed by atoms with van der Waals surface area (Å²) in [5, 5.41) is 16.7. The van der Waals surface area contributed by atoms with E-state index in [2.05, 4.69) is 15.8 Å². The van der Waals surface area contributed by atoms with Gasteiger partial charge in [-0.25, -0.2) is 4.79 Å². The van der Waals surface area contributed by atoms with Crippen molar-refractivity contribution >= 4 is 23.3 Å². The van der Waals surface area contributed by atoms with E-state index in [1.807, 2.05) is 0 Å². The molecule has 2 heterocycles. The van der Waals surface area contributed by atoms with Crippen molar-refractivity contribution in [2.45, 2.75) is 44.6 Å². The molecule has 1 saturated heterocycles. The molecule has 2 aliphatic heterocycles. The fraction of sp³-hybridized carbons (Fsp3) is 0.526. The van der Waals surface area contributed by atoms with Crippen LogP contribution in [0.25, 0.3) is 0 Å². The van der Waals surface area contributed by atoms with Crippen molar-refractivity contribution in [2.75, 3.05) is 18.4 Å². The molecule has 1 aromatic carbocycles. The van der Waals surface area contributed by atoms with Gasteiger partial charge in [0, 0.05) is 31.1 Å². The highest BCUT2D eigenvalue weighted by molar-refractivity contribution is 6.00. The van der Waals surface area contributed by atoms with Gasteiger partial charge in [-0.15, -0.1) is 0 Å². The lowest BCUT2D eigenvalue weighted by Crippen LogP contribution is -2.46. The molecule has 3 N–H and O–H groups in total. The fourth-order valence-electron chi connectivity index (χ4n) is 2.91. The molecule has 2 aliphatic rings. The SMILES string of the molecule is CC(C)c1ccc(NC(=O)C2CC(C3CNC3)=NO2)cc1C(F)(F)F.O=C(O)C(F)(F)F. The lowest BCUT2D eigenvalue weighted by Gasteiger charge is -2.26. The van der Waals surface area contributed by atoms with Gasteiger partial charge in [-0.05, 0) is 23.6 Å². The number of halogens is 6. The van der Waals surface area contributed by atoms with Crippen LogP contribution in [-0.4, -0.2) is 48.1 Å². The van der Waals surface area contributed by atoms with Gasteiger partial charge in [0.25, 0.3) is 5.91 Å². The first kappa shape index (κ1) is 25.4. The number of oxime groups is 1. The molecule has 13 heteroatoms. The van der Waals surface area contributed by atoms with Gasteiger partial charge >= 0.3 is 18.3 Å². The van der Waals surface area contributed by atoms with Gasteiger partial charge in [0.2, 0.25) is 6.10 Å². The second-order valence-electron chi connectivity index (χ2n) is 7.48. The van der Waals surface area contributed by atoms with Crippen LogP contribution in [-0.2, 0) is 20.6 Å². The van der Waals surface area contributed by atoms with Gasteiger partial charge in [-0.1, -0.05) is 25.1 Å². The molecule has 3 rings (SSSR count). The number of hydrogen-bond acceptors (Lipinski definition) is 5. The van der Waals surface area contributed by atoms with Crippen molar-refractivity contribution in [3.05, 3.63) is 29.3 Å². The third kappa shape index (κ3) is 6.58. The minimum absolute atomic E-state index is 0.101. The Morgan fingerprint density at radius 2 is 1.78 bits per heavy atom. The van der Waals surface area contributed by atoms with E-state index in [1.54, 1.807) is 13.8 Å². The van der Waals surface area contributed by atoms with Crippen LogP contribution in [0.5, 0.6) is 0 Å². The Balaban J connectivity index is 0.000000451. The Bertz CT molecular complexity index is 879. The van der Waals surface area contributed by atoms with E-state index in [0.717, 1.165) is 24.9 Å². The smallest absolute Gasteiger partial charge is 0.475 e. The average molecular weight is 469 g/mol. The number of amides is 1. The third-order valence-corrected chi connectivity index (χ3v) is 4.73. The summed E-state index contributed by atoms with van der Waals surface area (Å²) in [7, 11) is 0. The average Bonchev–Trinajstić information content (AvgIpc) is 3.08. The molecule has 32 heavy (non-hydrogen) atoms. The Morgan fingerprint density at radius 3 is 2.22 bits per heavy atom. The molecule has 7 nitrogen and oxygen atoms in total. The van der Waals surface area contributed by atoms with Gasteiger partial charge in [-0.3, -0.25) is 4.79 Å². The minimum Gasteiger partial charge on any atom is -0.475 e. The second-order valence-corrected chi connectivity index (χ2v) is 7.48. The Morgan fingerprint density at radius 1 is 1.19 bits per heavy atom. The number of carbonyl (C=O) groups is 2. The third-order valence-electron chi connectivity index (χ3n) is 4.73. The van der Waals surface area contributed by atoms with Crippen LogP contribution in [0, 0.1) is 5.92 Å². The maximum absolute atomic E-state index is 13.3. The zero-order valence-corrected chi connectivity index (χ0v) is 17.0. The number of alkyl halides is 6. The monoisotopic (exact) mass is 469 g/mol. The van der Waals surface area contributed by atoms with Crippen molar-refractivity contribution in [1.82, 2.24) is 5.32 Å². The molecule has 1 fully saturated rings. The maximum Gasteiger partial charge on any atom is 0.490 e. The molecule has 0 bridgehead atoms. The number of hydrogen-bond donors (Lipinski definition) is 3. The molecule has 1 unspecified atom stereocenters. The number of nitrogens with zero attached hydrogens (tertiary/aromatic N) is 1. The molecule has 1 aromatic rings. The summed E-state index contributed by atoms with van der Waals surface area (Å²) in [6.07, 6.45) is -9.98. The van der Waals surface area contributed by atoms with Crippen molar-refractivity contribution in [1.29, 1.82) is 0 Å². The van der Waals surface area contributed by atoms with Crippen molar-refractivity contribution in [3.63, 3.8) is 0 Å². The molecule has 1 atom stereocenters. The zero-order chi connectivity index (χ0) is 24.3. The number of rotatable bonds is 4. The fourth-order valence-corrected chi connectivity index (χ4v) is 2.91. The van der Waals surface area contributed by atoms with E-state index in [4.69, 9.17) is 14.7 Å². The Labute approximate surface area is 178 Å². The van der Waals surface area contributed by atoms with Gasteiger partial charge in [0.05, 0.1) is 11.3 Å². The predicted molar refractivity (Wildman–Crippen MR) is 101 cm³/mol. The highest BCUT2D eigenvalue weighted by Crippen LogP contribution is 2.37. The zero-order valence-electron chi connectivity index (χ0n) is 17.0. The van der Waals surface area contributed by atoms with Gasteiger partial charge in [0.15, 0.2) is 0 Å². The normalized spacial score (nSPS) is 18.8. The molecule has 0 aliphatic carbocycles. The molecule has 0 aromatic heterocycles. The quantitative estimate of drug-likeness (QED) is 0.583. The van der Waals surface area contributed by atoms with Crippen molar-refractivity contribution in [2.24, 2.45) is 11.1 Å². The topological polar surface area (TPSA) is 100 Å². The van der Waals surface area contributed by atoms with Crippen LogP contribution >= 0.6 is 0 Å². The van der Waals surface area contributed by atoms with Crippen LogP contribution in [0.15, 0.2) is 23.4 Å². The van der Waals surface area contributed by atoms with Crippen LogP contribution < -0.4 is 10.6 Å². The molecule has 1 amide bonds. The van der Waals surface area contributed by atoms with Gasteiger partial charge < -0.3 is 20.6 Å². The number of carboxylic acids is 1. The number of nitrogens with one attached hydrogen (secondary N) is 2. The number of benzene rings is 1. The van der Waals surface area contributed by atoms with Crippen LogP contribution in [0.4, 0.5) is 32.0 Å². The van der Waals surface area contributed by atoms with E-state index < -0.39 is 35.9 Å². The van der Waals surface area contributed by atoms with Gasteiger partial charge in [0.1, 0.15) is 0 Å². The highest BCUT2D eigenvalue weighted by Gasteiger charge is 2.38. The number of anilines is 1. The summed E-state index contributed by atoms with van der Waals surface area (Å²) in [5.74, 6) is -3.24. The first-order chi connectivity index (χ1) is 14.7. The summed E-state index contributed by atoms with van der Waals surface area (Å²) in [5.41, 5.74) is 0.393. The summed E-state index contributed by atoms with van der Waals surface area (Å²) >= 11 is 0. The summed E-state index contributed by atoms with van der Waals surface area (Å²) in [6.45, 7) is 5.01. The van der Waals surface area contributed by atoms with E-state index in [0.29, 0.717) is 6.42 Å². The van der Waals surface area contributed by atoms with Crippen molar-refractivity contribution in [3.8, 4) is 0 Å². The first-order valence-corrected chi connectivity index (χ1v) is 9.45. The van der Waals surface area contributed by atoms with Crippen molar-refractivity contribution < 1.29 is 45.9 Å². The van der Waals surface area contributed by atoms with Crippen LogP contribution in [0.3, 0.4) is 0 Å². The molecule has 178 valence electrons. The second kappa shape index (κ2) is 9.76. The highest BCUT2D eigenvalue weighted by atomic mass is 19.4. The Kier molecular flexibility index (Phi) is 7.75. The molecule has 0 saturated carbocycles. The standard InChI is InChI=1S/C17H20F3N3O2.C2HF3O2/c1-9(2)12-4-3-11(5-13(12)17(18,19)20)22-16(24)15-6-14(23-25-15)10-7-21-8-10;3-2(4,5)1(6)7/h3-5,9-10,15,21H,6-8H2,1-2H3,(H,22,24);(H,6,7). The van der Waals surface area contributed by atoms with E-state index in [1.165, 1.54) is 12.1 Å². The van der Waals surface area contributed by atoms with Crippen LogP contribution in [0.2, 0.25) is 0 Å². The predicted octanol–water partition coefficient (Wildman–Crippen LogP) is 3.76. The molecular formula is C19H21F6N3O4. The van der Waals surface area contributed by atoms with E-state index in [-0.39, 0.29) is 23.1 Å². The maximum atomic E-state index is 13.3. The largest absolute Gasteiger partial charge is 0.490 e. The number of aliphatic carboxylic acids is 1. The number of carboxylic acid groups (broad SMARTS) is 1. The Hall–Kier alpha value is -2.83. The molecule has 0 spiro atoms. The van der Waals surface area contributed by atoms with E-state index >= 15 is 0 Å². The van der Waals surface area contributed by atoms with Crippen LogP contribution in [0.1, 0.15) is 37.3 Å².